The van der Waals surface area contributed by atoms with E-state index in [9.17, 15) is 35.1 Å². The Balaban J connectivity index is 2.41. The molecule has 0 fully saturated rings. The lowest BCUT2D eigenvalue weighted by atomic mass is 9.98. The lowest BCUT2D eigenvalue weighted by Gasteiger charge is -2.20. The molecule has 0 spiro atoms. The molecular formula is C28H22F8O. The monoisotopic (exact) mass is 526 g/mol. The second kappa shape index (κ2) is 11.9. The molecule has 1 nitrogen and oxygen atoms in total. The van der Waals surface area contributed by atoms with Gasteiger partial charge in [-0.3, -0.25) is 0 Å². The number of halogens is 8. The number of rotatable bonds is 9. The first-order chi connectivity index (χ1) is 17.2. The molecule has 0 aliphatic carbocycles. The quantitative estimate of drug-likeness (QED) is 0.180. The van der Waals surface area contributed by atoms with Crippen molar-refractivity contribution in [1.82, 2.24) is 0 Å². The van der Waals surface area contributed by atoms with Gasteiger partial charge in [0.1, 0.15) is 34.6 Å². The first-order valence-corrected chi connectivity index (χ1v) is 10.7. The van der Waals surface area contributed by atoms with Crippen molar-refractivity contribution < 1.29 is 39.9 Å². The molecule has 0 saturated carbocycles. The van der Waals surface area contributed by atoms with E-state index in [0.717, 1.165) is 19.1 Å². The van der Waals surface area contributed by atoms with E-state index in [2.05, 4.69) is 17.9 Å². The summed E-state index contributed by atoms with van der Waals surface area (Å²) in [6.45, 7) is 10.4. The van der Waals surface area contributed by atoms with Crippen molar-refractivity contribution in [2.24, 2.45) is 0 Å². The molecule has 0 aliphatic heterocycles. The Morgan fingerprint density at radius 3 is 1.92 bits per heavy atom. The lowest BCUT2D eigenvalue weighted by molar-refractivity contribution is -0.224. The molecule has 0 atom stereocenters. The summed E-state index contributed by atoms with van der Waals surface area (Å²) in [7, 11) is 0. The van der Waals surface area contributed by atoms with Crippen molar-refractivity contribution in [3.63, 3.8) is 0 Å². The van der Waals surface area contributed by atoms with Crippen LogP contribution in [0.15, 0.2) is 91.0 Å². The van der Waals surface area contributed by atoms with E-state index in [1.807, 2.05) is 0 Å². The maximum Gasteiger partial charge on any atom is 0.432 e. The highest BCUT2D eigenvalue weighted by Gasteiger charge is 2.41. The number of ether oxygens (including phenoxy) is 1. The van der Waals surface area contributed by atoms with Crippen molar-refractivity contribution in [2.75, 3.05) is 0 Å². The molecule has 9 heteroatoms. The molecule has 2 aromatic carbocycles. The molecule has 0 amide bonds. The number of aryl methyl sites for hydroxylation is 1. The summed E-state index contributed by atoms with van der Waals surface area (Å²) in [5.74, 6) is -9.52. The van der Waals surface area contributed by atoms with Crippen LogP contribution in [-0.2, 0) is 10.8 Å². The topological polar surface area (TPSA) is 9.23 Å². The predicted molar refractivity (Wildman–Crippen MR) is 128 cm³/mol. The van der Waals surface area contributed by atoms with Crippen LogP contribution in [0.2, 0.25) is 0 Å². The molecule has 196 valence electrons. The fraction of sp³-hybridized carbons (Fsp3) is 0.143. The van der Waals surface area contributed by atoms with E-state index < -0.39 is 63.5 Å². The minimum Gasteiger partial charge on any atom is -0.429 e. The molecule has 37 heavy (non-hydrogen) atoms. The summed E-state index contributed by atoms with van der Waals surface area (Å²) < 4.78 is 118. The summed E-state index contributed by atoms with van der Waals surface area (Å²) in [5.41, 5.74) is -2.15. The molecule has 0 unspecified atom stereocenters. The normalized spacial score (nSPS) is 13.6. The fourth-order valence-corrected chi connectivity index (χ4v) is 3.13. The van der Waals surface area contributed by atoms with Crippen molar-refractivity contribution >= 4 is 11.1 Å². The minimum absolute atomic E-state index is 0.0576. The molecule has 2 rings (SSSR count). The van der Waals surface area contributed by atoms with E-state index in [-0.39, 0.29) is 17.2 Å². The Labute approximate surface area is 209 Å². The van der Waals surface area contributed by atoms with Gasteiger partial charge < -0.3 is 4.74 Å². The van der Waals surface area contributed by atoms with Crippen molar-refractivity contribution in [2.45, 2.75) is 26.9 Å². The molecule has 0 aromatic heterocycles. The lowest BCUT2D eigenvalue weighted by Crippen LogP contribution is -2.21. The van der Waals surface area contributed by atoms with Gasteiger partial charge >= 0.3 is 6.11 Å². The number of hydrogen-bond acceptors (Lipinski definition) is 1. The van der Waals surface area contributed by atoms with Gasteiger partial charge in [0.25, 0.3) is 0 Å². The summed E-state index contributed by atoms with van der Waals surface area (Å²) in [5, 5.41) is 0. The van der Waals surface area contributed by atoms with Crippen LogP contribution in [0.4, 0.5) is 35.1 Å². The zero-order valence-electron chi connectivity index (χ0n) is 20.0. The van der Waals surface area contributed by atoms with Gasteiger partial charge in [-0.05, 0) is 67.8 Å². The van der Waals surface area contributed by atoms with Crippen LogP contribution in [0.5, 0.6) is 0 Å². The van der Waals surface area contributed by atoms with Gasteiger partial charge in [0.2, 0.25) is 0 Å². The molecule has 0 heterocycles. The summed E-state index contributed by atoms with van der Waals surface area (Å²) >= 11 is 0. The SMILES string of the molecule is C=C(F)/C(F)=C\C(=C/C)OC(F)(F)c1c(F)cc(C(=C)/C(F)=C\C(=C/C)c2ccc(C)cc2F)cc1F. The number of hydrogen-bond donors (Lipinski definition) is 0. The van der Waals surface area contributed by atoms with E-state index >= 15 is 0 Å². The second-order valence-electron chi connectivity index (χ2n) is 7.72. The van der Waals surface area contributed by atoms with Crippen LogP contribution < -0.4 is 0 Å². The van der Waals surface area contributed by atoms with E-state index in [0.29, 0.717) is 17.7 Å². The highest BCUT2D eigenvalue weighted by Crippen LogP contribution is 2.38. The van der Waals surface area contributed by atoms with Crippen LogP contribution in [0.1, 0.15) is 36.1 Å². The minimum atomic E-state index is -4.67. The molecule has 0 radical (unpaired) electrons. The average molecular weight is 526 g/mol. The van der Waals surface area contributed by atoms with Crippen LogP contribution in [0.3, 0.4) is 0 Å². The Hall–Kier alpha value is -3.88. The third-order valence-corrected chi connectivity index (χ3v) is 5.06. The van der Waals surface area contributed by atoms with Crippen LogP contribution >= 0.6 is 0 Å². The largest absolute Gasteiger partial charge is 0.432 e. The van der Waals surface area contributed by atoms with Crippen LogP contribution in [-0.4, -0.2) is 0 Å². The van der Waals surface area contributed by atoms with Gasteiger partial charge in [-0.15, -0.1) is 0 Å². The van der Waals surface area contributed by atoms with E-state index in [4.69, 9.17) is 0 Å². The van der Waals surface area contributed by atoms with Gasteiger partial charge in [-0.25, -0.2) is 26.3 Å². The Morgan fingerprint density at radius 1 is 0.838 bits per heavy atom. The Bertz CT molecular complexity index is 1320. The van der Waals surface area contributed by atoms with Crippen molar-refractivity contribution in [3.05, 3.63) is 131 Å². The molecule has 0 aliphatic rings. The van der Waals surface area contributed by atoms with E-state index in [1.54, 1.807) is 13.0 Å². The maximum atomic E-state index is 14.9. The third-order valence-electron chi connectivity index (χ3n) is 5.06. The van der Waals surface area contributed by atoms with Gasteiger partial charge in [-0.1, -0.05) is 31.4 Å². The molecule has 0 N–H and O–H groups in total. The Kier molecular flexibility index (Phi) is 9.44. The molecule has 0 bridgehead atoms. The summed E-state index contributed by atoms with van der Waals surface area (Å²) in [6.07, 6.45) is -1.36. The first kappa shape index (κ1) is 29.4. The van der Waals surface area contributed by atoms with Crippen molar-refractivity contribution in [3.8, 4) is 0 Å². The highest BCUT2D eigenvalue weighted by molar-refractivity contribution is 5.83. The standard InChI is InChI=1S/C28H22F8O/c1-6-18(21-9-8-15(3)10-24(21)32)11-22(30)16(4)19-12-25(33)27(26(34)13-19)28(35,36)37-20(7-2)14-23(31)17(5)29/h6-14H,4-5H2,1-3H3/b18-6+,20-7+,22-11+,23-14+. The smallest absolute Gasteiger partial charge is 0.429 e. The zero-order chi connectivity index (χ0) is 28.1. The van der Waals surface area contributed by atoms with Crippen molar-refractivity contribution in [1.29, 1.82) is 0 Å². The fourth-order valence-electron chi connectivity index (χ4n) is 3.13. The highest BCUT2D eigenvalue weighted by atomic mass is 19.3. The van der Waals surface area contributed by atoms with Crippen LogP contribution in [0, 0.1) is 24.4 Å². The number of benzene rings is 2. The average Bonchev–Trinajstić information content (AvgIpc) is 2.80. The predicted octanol–water partition coefficient (Wildman–Crippen LogP) is 9.69. The summed E-state index contributed by atoms with van der Waals surface area (Å²) in [4.78, 5) is 0. The number of allylic oxidation sites excluding steroid dienone is 9. The van der Waals surface area contributed by atoms with E-state index in [1.165, 1.54) is 25.1 Å². The van der Waals surface area contributed by atoms with Gasteiger partial charge in [0, 0.05) is 17.2 Å². The zero-order valence-corrected chi connectivity index (χ0v) is 20.0. The molecular weight excluding hydrogens is 504 g/mol. The second-order valence-corrected chi connectivity index (χ2v) is 7.72. The maximum absolute atomic E-state index is 14.9. The van der Waals surface area contributed by atoms with Crippen LogP contribution in [0.25, 0.3) is 11.1 Å². The van der Waals surface area contributed by atoms with Gasteiger partial charge in [-0.2, -0.15) is 8.78 Å². The van der Waals surface area contributed by atoms with Gasteiger partial charge in [0.05, 0.1) is 0 Å². The third kappa shape index (κ3) is 7.09. The first-order valence-electron chi connectivity index (χ1n) is 10.7. The van der Waals surface area contributed by atoms with Gasteiger partial charge in [0.15, 0.2) is 11.7 Å². The molecule has 0 saturated heterocycles. The molecule has 2 aromatic rings. The summed E-state index contributed by atoms with van der Waals surface area (Å²) in [6, 6.07) is 5.07. The Morgan fingerprint density at radius 2 is 1.43 bits per heavy atom. The number of alkyl halides is 2.